The van der Waals surface area contributed by atoms with Gasteiger partial charge >= 0.3 is 0 Å². The van der Waals surface area contributed by atoms with Crippen molar-refractivity contribution in [3.05, 3.63) is 0 Å². The topological polar surface area (TPSA) is 3.24 Å². The Bertz CT molecular complexity index is 88.7. The van der Waals surface area contributed by atoms with E-state index in [1.165, 1.54) is 38.8 Å². The molecule has 1 aliphatic rings. The van der Waals surface area contributed by atoms with Gasteiger partial charge in [0.25, 0.3) is 0 Å². The average Bonchev–Trinajstić information content (AvgIpc) is 1.88. The van der Waals surface area contributed by atoms with Crippen molar-refractivity contribution in [1.29, 1.82) is 0 Å². The molecule has 0 aromatic carbocycles. The van der Waals surface area contributed by atoms with Crippen LogP contribution in [0.25, 0.3) is 0 Å². The monoisotopic (exact) mass is 141 g/mol. The molecule has 0 radical (unpaired) electrons. The Hall–Kier alpha value is -0.0400. The highest BCUT2D eigenvalue weighted by atomic mass is 15.2. The number of hydrogen-bond donors (Lipinski definition) is 0. The van der Waals surface area contributed by atoms with E-state index in [0.717, 1.165) is 6.04 Å². The number of rotatable bonds is 4. The Labute approximate surface area is 64.4 Å². The fourth-order valence-electron chi connectivity index (χ4n) is 1.61. The van der Waals surface area contributed by atoms with Gasteiger partial charge in [0, 0.05) is 6.04 Å². The van der Waals surface area contributed by atoms with Gasteiger partial charge in [0.15, 0.2) is 0 Å². The number of nitrogens with zero attached hydrogens (tertiary/aromatic N) is 1. The molecular formula is C9H19N. The second-order valence-electron chi connectivity index (χ2n) is 3.24. The predicted molar refractivity (Wildman–Crippen MR) is 45.2 cm³/mol. The van der Waals surface area contributed by atoms with E-state index in [2.05, 4.69) is 18.7 Å². The van der Waals surface area contributed by atoms with E-state index in [1.54, 1.807) is 0 Å². The van der Waals surface area contributed by atoms with Gasteiger partial charge in [0.2, 0.25) is 0 Å². The van der Waals surface area contributed by atoms with Crippen LogP contribution in [0.15, 0.2) is 0 Å². The number of hydrogen-bond acceptors (Lipinski definition) is 1. The molecule has 1 heteroatoms. The fourth-order valence-corrected chi connectivity index (χ4v) is 1.61. The van der Waals surface area contributed by atoms with Gasteiger partial charge in [0.1, 0.15) is 0 Å². The quantitative estimate of drug-likeness (QED) is 0.580. The van der Waals surface area contributed by atoms with Crippen LogP contribution in [0.4, 0.5) is 0 Å². The fraction of sp³-hybridized carbons (Fsp3) is 1.00. The maximum atomic E-state index is 2.61. The minimum atomic E-state index is 0.937. The van der Waals surface area contributed by atoms with E-state index in [1.807, 2.05) is 0 Å². The highest BCUT2D eigenvalue weighted by Gasteiger charge is 2.24. The minimum absolute atomic E-state index is 0.937. The summed E-state index contributed by atoms with van der Waals surface area (Å²) in [7, 11) is 0. The molecule has 0 bridgehead atoms. The molecule has 1 rings (SSSR count). The van der Waals surface area contributed by atoms with Gasteiger partial charge in [-0.25, -0.2) is 0 Å². The summed E-state index contributed by atoms with van der Waals surface area (Å²) in [6.45, 7) is 7.26. The van der Waals surface area contributed by atoms with Gasteiger partial charge in [-0.1, -0.05) is 20.3 Å². The molecule has 1 heterocycles. The molecule has 1 saturated heterocycles. The van der Waals surface area contributed by atoms with Crippen LogP contribution in [-0.4, -0.2) is 24.0 Å². The molecule has 0 aromatic rings. The van der Waals surface area contributed by atoms with Crippen molar-refractivity contribution in [1.82, 2.24) is 4.90 Å². The van der Waals surface area contributed by atoms with Crippen LogP contribution in [0.3, 0.4) is 0 Å². The molecule has 0 saturated carbocycles. The molecule has 0 spiro atoms. The van der Waals surface area contributed by atoms with Crippen molar-refractivity contribution in [2.24, 2.45) is 0 Å². The highest BCUT2D eigenvalue weighted by molar-refractivity contribution is 4.80. The third-order valence-electron chi connectivity index (χ3n) is 2.54. The molecule has 60 valence electrons. The number of unbranched alkanes of at least 4 members (excludes halogenated alkanes) is 1. The van der Waals surface area contributed by atoms with Crippen molar-refractivity contribution in [3.8, 4) is 0 Å². The van der Waals surface area contributed by atoms with Gasteiger partial charge < -0.3 is 4.90 Å². The number of likely N-dealkylation sites (tertiary alicyclic amines) is 1. The zero-order chi connectivity index (χ0) is 7.40. The lowest BCUT2D eigenvalue weighted by Gasteiger charge is -2.40. The van der Waals surface area contributed by atoms with Crippen molar-refractivity contribution in [2.45, 2.75) is 45.6 Å². The van der Waals surface area contributed by atoms with E-state index in [0.29, 0.717) is 0 Å². The van der Waals surface area contributed by atoms with E-state index in [9.17, 15) is 0 Å². The predicted octanol–water partition coefficient (Wildman–Crippen LogP) is 2.27. The molecule has 1 nitrogen and oxygen atoms in total. The summed E-state index contributed by atoms with van der Waals surface area (Å²) in [6, 6.07) is 0.937. The summed E-state index contributed by atoms with van der Waals surface area (Å²) in [6.07, 6.45) is 5.52. The van der Waals surface area contributed by atoms with Crippen LogP contribution < -0.4 is 0 Å². The van der Waals surface area contributed by atoms with Crippen molar-refractivity contribution in [2.75, 3.05) is 13.1 Å². The summed E-state index contributed by atoms with van der Waals surface area (Å²) in [5.74, 6) is 0. The van der Waals surface area contributed by atoms with Gasteiger partial charge in [0.05, 0.1) is 0 Å². The second-order valence-corrected chi connectivity index (χ2v) is 3.24. The lowest BCUT2D eigenvalue weighted by atomic mass is 10.0. The summed E-state index contributed by atoms with van der Waals surface area (Å²) in [5, 5.41) is 0. The van der Waals surface area contributed by atoms with Crippen LogP contribution in [0.1, 0.15) is 39.5 Å². The lowest BCUT2D eigenvalue weighted by molar-refractivity contribution is 0.0862. The van der Waals surface area contributed by atoms with Crippen LogP contribution in [0, 0.1) is 0 Å². The maximum absolute atomic E-state index is 2.61. The third kappa shape index (κ3) is 1.72. The summed E-state index contributed by atoms with van der Waals surface area (Å²) in [4.78, 5) is 2.61. The van der Waals surface area contributed by atoms with E-state index < -0.39 is 0 Å². The zero-order valence-electron chi connectivity index (χ0n) is 7.27. The van der Waals surface area contributed by atoms with Gasteiger partial charge in [-0.2, -0.15) is 0 Å². The van der Waals surface area contributed by atoms with E-state index >= 15 is 0 Å². The average molecular weight is 141 g/mol. The van der Waals surface area contributed by atoms with E-state index in [4.69, 9.17) is 0 Å². The Morgan fingerprint density at radius 3 is 2.60 bits per heavy atom. The first kappa shape index (κ1) is 8.06. The van der Waals surface area contributed by atoms with E-state index in [-0.39, 0.29) is 0 Å². The largest absolute Gasteiger partial charge is 0.300 e. The minimum Gasteiger partial charge on any atom is -0.300 e. The summed E-state index contributed by atoms with van der Waals surface area (Å²) < 4.78 is 0. The summed E-state index contributed by atoms with van der Waals surface area (Å²) in [5.41, 5.74) is 0. The molecule has 0 aromatic heterocycles. The maximum Gasteiger partial charge on any atom is 0.0105 e. The van der Waals surface area contributed by atoms with Crippen LogP contribution in [0.2, 0.25) is 0 Å². The Balaban J connectivity index is 2.05. The summed E-state index contributed by atoms with van der Waals surface area (Å²) >= 11 is 0. The van der Waals surface area contributed by atoms with Gasteiger partial charge in [-0.3, -0.25) is 0 Å². The molecule has 0 N–H and O–H groups in total. The highest BCUT2D eigenvalue weighted by Crippen LogP contribution is 2.19. The Morgan fingerprint density at radius 1 is 1.40 bits per heavy atom. The molecule has 1 unspecified atom stereocenters. The SMILES string of the molecule is CCCCN1CCC1CC. The molecule has 10 heavy (non-hydrogen) atoms. The Morgan fingerprint density at radius 2 is 2.20 bits per heavy atom. The standard InChI is InChI=1S/C9H19N/c1-3-5-7-10-8-6-9(10)4-2/h9H,3-8H2,1-2H3. The van der Waals surface area contributed by atoms with Crippen LogP contribution in [-0.2, 0) is 0 Å². The molecule has 1 aliphatic heterocycles. The molecule has 0 amide bonds. The van der Waals surface area contributed by atoms with Crippen molar-refractivity contribution < 1.29 is 0 Å². The van der Waals surface area contributed by atoms with Crippen molar-refractivity contribution >= 4 is 0 Å². The van der Waals surface area contributed by atoms with Crippen LogP contribution >= 0.6 is 0 Å². The second kappa shape index (κ2) is 3.97. The van der Waals surface area contributed by atoms with Crippen LogP contribution in [0.5, 0.6) is 0 Å². The lowest BCUT2D eigenvalue weighted by Crippen LogP contribution is -2.47. The van der Waals surface area contributed by atoms with Gasteiger partial charge in [-0.05, 0) is 32.4 Å². The molecule has 0 aliphatic carbocycles. The smallest absolute Gasteiger partial charge is 0.0105 e. The van der Waals surface area contributed by atoms with Gasteiger partial charge in [-0.15, -0.1) is 0 Å². The molecule has 1 fully saturated rings. The first-order chi connectivity index (χ1) is 4.88. The first-order valence-corrected chi connectivity index (χ1v) is 4.62. The van der Waals surface area contributed by atoms with Crippen molar-refractivity contribution in [3.63, 3.8) is 0 Å². The molecule has 1 atom stereocenters. The normalized spacial score (nSPS) is 26.4. The Kier molecular flexibility index (Phi) is 3.20. The first-order valence-electron chi connectivity index (χ1n) is 4.62. The third-order valence-corrected chi connectivity index (χ3v) is 2.54. The zero-order valence-corrected chi connectivity index (χ0v) is 7.27. The molecular weight excluding hydrogens is 122 g/mol.